The molecule has 8 nitrogen and oxygen atoms in total. The molecule has 1 aliphatic rings. The molecule has 2 aromatic rings. The van der Waals surface area contributed by atoms with Gasteiger partial charge in [0.2, 0.25) is 26.0 Å². The van der Waals surface area contributed by atoms with Crippen molar-refractivity contribution < 1.29 is 21.6 Å². The van der Waals surface area contributed by atoms with Gasteiger partial charge in [-0.25, -0.2) is 16.8 Å². The maximum atomic E-state index is 12.7. The van der Waals surface area contributed by atoms with E-state index in [-0.39, 0.29) is 34.2 Å². The summed E-state index contributed by atoms with van der Waals surface area (Å²) in [7, 11) is -5.55. The lowest BCUT2D eigenvalue weighted by Crippen LogP contribution is -2.42. The third kappa shape index (κ3) is 5.81. The molecule has 1 saturated heterocycles. The van der Waals surface area contributed by atoms with Gasteiger partial charge in [-0.2, -0.15) is 8.61 Å². The topological polar surface area (TPSA) is 104 Å². The summed E-state index contributed by atoms with van der Waals surface area (Å²) in [5, 5.41) is 2.89. The molecule has 2 aromatic carbocycles. The van der Waals surface area contributed by atoms with Crippen molar-refractivity contribution in [2.24, 2.45) is 5.92 Å². The molecule has 0 atom stereocenters. The number of hydrogen-bond acceptors (Lipinski definition) is 5. The first-order valence-corrected chi connectivity index (χ1v) is 13.8. The summed E-state index contributed by atoms with van der Waals surface area (Å²) in [6, 6.07) is 14.6. The minimum absolute atomic E-state index is 0.122. The lowest BCUT2D eigenvalue weighted by atomic mass is 9.97. The molecule has 0 saturated carbocycles. The molecule has 0 bridgehead atoms. The van der Waals surface area contributed by atoms with Crippen LogP contribution in [-0.2, 0) is 31.4 Å². The molecule has 1 fully saturated rings. The summed E-state index contributed by atoms with van der Waals surface area (Å²) in [6.07, 6.45) is 0.910. The van der Waals surface area contributed by atoms with Crippen molar-refractivity contribution in [2.45, 2.75) is 49.1 Å². The molecule has 1 N–H and O–H groups in total. The van der Waals surface area contributed by atoms with Crippen molar-refractivity contribution in [1.82, 2.24) is 13.9 Å². The SMILES string of the molecule is CC(C)N(C)S(=O)(=O)c1ccc(CNC(=O)C2CCN(S(=O)(=O)c3ccccc3)CC2)cc1. The van der Waals surface area contributed by atoms with Gasteiger partial charge in [0.15, 0.2) is 0 Å². The number of carbonyl (C=O) groups excluding carboxylic acids is 1. The van der Waals surface area contributed by atoms with Crippen molar-refractivity contribution in [3.63, 3.8) is 0 Å². The van der Waals surface area contributed by atoms with Crippen LogP contribution in [-0.4, -0.2) is 57.5 Å². The maximum Gasteiger partial charge on any atom is 0.243 e. The predicted octanol–water partition coefficient (Wildman–Crippen LogP) is 2.43. The Balaban J connectivity index is 1.53. The summed E-state index contributed by atoms with van der Waals surface area (Å²) in [5.74, 6) is -0.380. The van der Waals surface area contributed by atoms with E-state index in [1.807, 2.05) is 13.8 Å². The van der Waals surface area contributed by atoms with Crippen molar-refractivity contribution in [1.29, 1.82) is 0 Å². The van der Waals surface area contributed by atoms with Crippen LogP contribution >= 0.6 is 0 Å². The number of piperidine rings is 1. The quantitative estimate of drug-likeness (QED) is 0.608. The number of sulfonamides is 2. The van der Waals surface area contributed by atoms with E-state index >= 15 is 0 Å². The van der Waals surface area contributed by atoms with Gasteiger partial charge in [-0.05, 0) is 56.5 Å². The summed E-state index contributed by atoms with van der Waals surface area (Å²) >= 11 is 0. The van der Waals surface area contributed by atoms with Crippen molar-refractivity contribution >= 4 is 26.0 Å². The number of nitrogens with zero attached hydrogens (tertiary/aromatic N) is 2. The molecule has 1 amide bonds. The Bertz CT molecular complexity index is 1160. The Morgan fingerprint density at radius 1 is 0.970 bits per heavy atom. The molecule has 33 heavy (non-hydrogen) atoms. The number of amides is 1. The molecule has 180 valence electrons. The minimum atomic E-state index is -3.55. The second-order valence-electron chi connectivity index (χ2n) is 8.47. The first-order chi connectivity index (χ1) is 15.5. The van der Waals surface area contributed by atoms with E-state index in [1.165, 1.54) is 8.61 Å². The van der Waals surface area contributed by atoms with E-state index in [9.17, 15) is 21.6 Å². The van der Waals surface area contributed by atoms with E-state index in [2.05, 4.69) is 5.32 Å². The Morgan fingerprint density at radius 2 is 1.55 bits per heavy atom. The van der Waals surface area contributed by atoms with Crippen LogP contribution in [0.3, 0.4) is 0 Å². The van der Waals surface area contributed by atoms with Crippen LogP contribution in [0.15, 0.2) is 64.4 Å². The molecule has 0 spiro atoms. The maximum absolute atomic E-state index is 12.7. The average Bonchev–Trinajstić information content (AvgIpc) is 2.82. The minimum Gasteiger partial charge on any atom is -0.352 e. The molecular weight excluding hydrogens is 462 g/mol. The highest BCUT2D eigenvalue weighted by Gasteiger charge is 2.32. The monoisotopic (exact) mass is 493 g/mol. The summed E-state index contributed by atoms with van der Waals surface area (Å²) in [5.41, 5.74) is 0.790. The predicted molar refractivity (Wildman–Crippen MR) is 126 cm³/mol. The highest BCUT2D eigenvalue weighted by molar-refractivity contribution is 7.89. The van der Waals surface area contributed by atoms with Crippen LogP contribution in [0.1, 0.15) is 32.3 Å². The smallest absolute Gasteiger partial charge is 0.243 e. The molecule has 0 unspecified atom stereocenters. The number of nitrogens with one attached hydrogen (secondary N) is 1. The molecular formula is C23H31N3O5S2. The number of benzene rings is 2. The van der Waals surface area contributed by atoms with E-state index < -0.39 is 20.0 Å². The van der Waals surface area contributed by atoms with Gasteiger partial charge in [0.25, 0.3) is 0 Å². The molecule has 0 aromatic heterocycles. The molecule has 1 heterocycles. The molecule has 0 aliphatic carbocycles. The van der Waals surface area contributed by atoms with Crippen LogP contribution in [0.4, 0.5) is 0 Å². The lowest BCUT2D eigenvalue weighted by molar-refractivity contribution is -0.126. The Labute approximate surface area is 196 Å². The fourth-order valence-electron chi connectivity index (χ4n) is 3.66. The van der Waals surface area contributed by atoms with Gasteiger partial charge in [0.05, 0.1) is 9.79 Å². The molecule has 3 rings (SSSR count). The molecule has 0 radical (unpaired) electrons. The standard InChI is InChI=1S/C23H31N3O5S2/c1-18(2)25(3)32(28,29)22-11-9-19(10-12-22)17-24-23(27)20-13-15-26(16-14-20)33(30,31)21-7-5-4-6-8-21/h4-12,18,20H,13-17H2,1-3H3,(H,24,27). The fraction of sp³-hybridized carbons (Fsp3) is 0.435. The zero-order valence-electron chi connectivity index (χ0n) is 19.1. The highest BCUT2D eigenvalue weighted by Crippen LogP contribution is 2.24. The second-order valence-corrected chi connectivity index (χ2v) is 12.4. The van der Waals surface area contributed by atoms with Gasteiger partial charge >= 0.3 is 0 Å². The van der Waals surface area contributed by atoms with Crippen LogP contribution in [0.2, 0.25) is 0 Å². The van der Waals surface area contributed by atoms with Crippen LogP contribution in [0.25, 0.3) is 0 Å². The number of rotatable bonds is 8. The Morgan fingerprint density at radius 3 is 2.09 bits per heavy atom. The van der Waals surface area contributed by atoms with E-state index in [1.54, 1.807) is 61.6 Å². The fourth-order valence-corrected chi connectivity index (χ4v) is 6.51. The van der Waals surface area contributed by atoms with Crippen molar-refractivity contribution in [2.75, 3.05) is 20.1 Å². The zero-order valence-corrected chi connectivity index (χ0v) is 20.8. The number of hydrogen-bond donors (Lipinski definition) is 1. The Kier molecular flexibility index (Phi) is 7.94. The van der Waals surface area contributed by atoms with Gasteiger partial charge in [-0.1, -0.05) is 30.3 Å². The third-order valence-corrected chi connectivity index (χ3v) is 9.96. The molecule has 1 aliphatic heterocycles. The van der Waals surface area contributed by atoms with E-state index in [0.29, 0.717) is 25.9 Å². The highest BCUT2D eigenvalue weighted by atomic mass is 32.2. The Hall–Kier alpha value is -2.27. The van der Waals surface area contributed by atoms with E-state index in [4.69, 9.17) is 0 Å². The first-order valence-electron chi connectivity index (χ1n) is 10.9. The van der Waals surface area contributed by atoms with Gasteiger partial charge < -0.3 is 5.32 Å². The summed E-state index contributed by atoms with van der Waals surface area (Å²) in [6.45, 7) is 4.49. The third-order valence-electron chi connectivity index (χ3n) is 6.00. The van der Waals surface area contributed by atoms with Crippen LogP contribution < -0.4 is 5.32 Å². The summed E-state index contributed by atoms with van der Waals surface area (Å²) in [4.78, 5) is 13.1. The van der Waals surface area contributed by atoms with Crippen molar-refractivity contribution in [3.05, 3.63) is 60.2 Å². The van der Waals surface area contributed by atoms with Crippen LogP contribution in [0, 0.1) is 5.92 Å². The van der Waals surface area contributed by atoms with Crippen molar-refractivity contribution in [3.8, 4) is 0 Å². The second kappa shape index (κ2) is 10.3. The zero-order chi connectivity index (χ0) is 24.2. The van der Waals surface area contributed by atoms with Gasteiger partial charge in [-0.3, -0.25) is 4.79 Å². The lowest BCUT2D eigenvalue weighted by Gasteiger charge is -2.30. The van der Waals surface area contributed by atoms with Gasteiger partial charge in [0, 0.05) is 38.6 Å². The summed E-state index contributed by atoms with van der Waals surface area (Å²) < 4.78 is 53.3. The van der Waals surface area contributed by atoms with Crippen LogP contribution in [0.5, 0.6) is 0 Å². The number of carbonyl (C=O) groups is 1. The van der Waals surface area contributed by atoms with Gasteiger partial charge in [-0.15, -0.1) is 0 Å². The normalized spacial score (nSPS) is 16.3. The molecule has 10 heteroatoms. The first kappa shape index (κ1) is 25.4. The average molecular weight is 494 g/mol. The van der Waals surface area contributed by atoms with E-state index in [0.717, 1.165) is 5.56 Å². The van der Waals surface area contributed by atoms with Gasteiger partial charge in [0.1, 0.15) is 0 Å². The largest absolute Gasteiger partial charge is 0.352 e.